The first kappa shape index (κ1) is 10.8. The third kappa shape index (κ3) is 1.96. The molecule has 1 aromatic rings. The lowest BCUT2D eigenvalue weighted by Crippen LogP contribution is -2.26. The zero-order chi connectivity index (χ0) is 11.7. The number of aromatic nitrogens is 2. The van der Waals surface area contributed by atoms with Crippen molar-refractivity contribution in [2.24, 2.45) is 0 Å². The van der Waals surface area contributed by atoms with Crippen LogP contribution in [0.5, 0.6) is 0 Å². The van der Waals surface area contributed by atoms with Crippen LogP contribution in [0.4, 0.5) is 5.82 Å². The number of carboxylic acid groups (broad SMARTS) is 1. The molecule has 0 radical (unpaired) electrons. The van der Waals surface area contributed by atoms with Gasteiger partial charge in [-0.05, 0) is 0 Å². The van der Waals surface area contributed by atoms with Gasteiger partial charge >= 0.3 is 5.97 Å². The standard InChI is InChI=1S/C9H8ClN3O3/c10-5-1-8(14)13(4-5)7-3-11-2-6(12-7)9(15)16/h2-3,5H,1,4H2,(H,15,16). The normalized spacial score (nSPS) is 20.2. The van der Waals surface area contributed by atoms with Crippen molar-refractivity contribution in [3.63, 3.8) is 0 Å². The van der Waals surface area contributed by atoms with Gasteiger partial charge in [0.1, 0.15) is 0 Å². The quantitative estimate of drug-likeness (QED) is 0.763. The van der Waals surface area contributed by atoms with Gasteiger partial charge in [0, 0.05) is 13.0 Å². The molecule has 1 amide bonds. The highest BCUT2D eigenvalue weighted by atomic mass is 35.5. The van der Waals surface area contributed by atoms with Crippen molar-refractivity contribution in [2.45, 2.75) is 11.8 Å². The number of carbonyl (C=O) groups is 2. The van der Waals surface area contributed by atoms with Gasteiger partial charge in [0.15, 0.2) is 11.5 Å². The maximum atomic E-state index is 11.5. The Morgan fingerprint density at radius 1 is 1.56 bits per heavy atom. The first-order chi connectivity index (χ1) is 7.58. The minimum absolute atomic E-state index is 0.170. The molecule has 2 heterocycles. The average molecular weight is 242 g/mol. The van der Waals surface area contributed by atoms with Crippen molar-refractivity contribution >= 4 is 29.3 Å². The van der Waals surface area contributed by atoms with Crippen LogP contribution in [0, 0.1) is 0 Å². The lowest BCUT2D eigenvalue weighted by Gasteiger charge is -2.13. The Bertz CT molecular complexity index is 451. The van der Waals surface area contributed by atoms with E-state index in [1.54, 1.807) is 0 Å². The van der Waals surface area contributed by atoms with Gasteiger partial charge in [-0.2, -0.15) is 0 Å². The molecule has 0 bridgehead atoms. The Morgan fingerprint density at radius 3 is 2.88 bits per heavy atom. The van der Waals surface area contributed by atoms with Gasteiger partial charge in [-0.25, -0.2) is 9.78 Å². The third-order valence-electron chi connectivity index (χ3n) is 2.20. The number of nitrogens with zero attached hydrogens (tertiary/aromatic N) is 3. The first-order valence-electron chi connectivity index (χ1n) is 4.57. The number of carboxylic acids is 1. The Morgan fingerprint density at radius 2 is 2.31 bits per heavy atom. The average Bonchev–Trinajstić information content (AvgIpc) is 2.58. The summed E-state index contributed by atoms with van der Waals surface area (Å²) >= 11 is 5.83. The molecule has 1 N–H and O–H groups in total. The third-order valence-corrected chi connectivity index (χ3v) is 2.49. The largest absolute Gasteiger partial charge is 0.476 e. The highest BCUT2D eigenvalue weighted by Gasteiger charge is 2.30. The molecule has 1 atom stereocenters. The highest BCUT2D eigenvalue weighted by molar-refractivity contribution is 6.24. The predicted octanol–water partition coefficient (Wildman–Crippen LogP) is 0.519. The van der Waals surface area contributed by atoms with Crippen LogP contribution in [0.1, 0.15) is 16.9 Å². The van der Waals surface area contributed by atoms with Crippen LogP contribution in [-0.2, 0) is 4.79 Å². The van der Waals surface area contributed by atoms with Gasteiger partial charge in [0.05, 0.1) is 17.8 Å². The number of hydrogen-bond acceptors (Lipinski definition) is 4. The van der Waals surface area contributed by atoms with Gasteiger partial charge in [0.25, 0.3) is 0 Å². The fourth-order valence-electron chi connectivity index (χ4n) is 1.47. The number of carbonyl (C=O) groups excluding carboxylic acids is 1. The van der Waals surface area contributed by atoms with Crippen LogP contribution >= 0.6 is 11.6 Å². The number of anilines is 1. The first-order valence-corrected chi connectivity index (χ1v) is 5.01. The molecule has 1 fully saturated rings. The van der Waals surface area contributed by atoms with E-state index < -0.39 is 5.97 Å². The zero-order valence-electron chi connectivity index (χ0n) is 8.13. The van der Waals surface area contributed by atoms with E-state index in [4.69, 9.17) is 16.7 Å². The van der Waals surface area contributed by atoms with E-state index in [0.29, 0.717) is 6.54 Å². The SMILES string of the molecule is O=C(O)c1cncc(N2CC(Cl)CC2=O)n1. The van der Waals surface area contributed by atoms with Crippen molar-refractivity contribution in [2.75, 3.05) is 11.4 Å². The second-order valence-electron chi connectivity index (χ2n) is 3.37. The number of aromatic carboxylic acids is 1. The summed E-state index contributed by atoms with van der Waals surface area (Å²) in [6.45, 7) is 0.331. The van der Waals surface area contributed by atoms with Crippen molar-refractivity contribution in [3.8, 4) is 0 Å². The number of hydrogen-bond donors (Lipinski definition) is 1. The highest BCUT2D eigenvalue weighted by Crippen LogP contribution is 2.21. The van der Waals surface area contributed by atoms with Crippen LogP contribution < -0.4 is 4.90 Å². The van der Waals surface area contributed by atoms with Crippen molar-refractivity contribution in [1.82, 2.24) is 9.97 Å². The van der Waals surface area contributed by atoms with E-state index in [1.165, 1.54) is 11.1 Å². The lowest BCUT2D eigenvalue weighted by atomic mass is 10.4. The molecule has 84 valence electrons. The molecule has 2 rings (SSSR count). The molecule has 1 unspecified atom stereocenters. The van der Waals surface area contributed by atoms with Crippen molar-refractivity contribution < 1.29 is 14.7 Å². The second kappa shape index (κ2) is 4.05. The van der Waals surface area contributed by atoms with Gasteiger partial charge in [0.2, 0.25) is 5.91 Å². The number of halogens is 1. The predicted molar refractivity (Wildman–Crippen MR) is 55.6 cm³/mol. The van der Waals surface area contributed by atoms with Gasteiger partial charge in [-0.3, -0.25) is 14.7 Å². The summed E-state index contributed by atoms with van der Waals surface area (Å²) in [5.74, 6) is -1.12. The van der Waals surface area contributed by atoms with Gasteiger partial charge in [-0.1, -0.05) is 0 Å². The van der Waals surface area contributed by atoms with Crippen molar-refractivity contribution in [3.05, 3.63) is 18.1 Å². The summed E-state index contributed by atoms with van der Waals surface area (Å²) in [5.41, 5.74) is -0.191. The van der Waals surface area contributed by atoms with E-state index in [9.17, 15) is 9.59 Å². The van der Waals surface area contributed by atoms with E-state index in [-0.39, 0.29) is 29.2 Å². The van der Waals surface area contributed by atoms with Gasteiger partial charge < -0.3 is 5.11 Å². The topological polar surface area (TPSA) is 83.4 Å². The minimum atomic E-state index is -1.18. The summed E-state index contributed by atoms with van der Waals surface area (Å²) in [6.07, 6.45) is 2.71. The molecule has 16 heavy (non-hydrogen) atoms. The van der Waals surface area contributed by atoms with Crippen LogP contribution in [0.3, 0.4) is 0 Å². The molecule has 0 aromatic carbocycles. The van der Waals surface area contributed by atoms with Gasteiger partial charge in [-0.15, -0.1) is 11.6 Å². The molecular weight excluding hydrogens is 234 g/mol. The maximum Gasteiger partial charge on any atom is 0.356 e. The fourth-order valence-corrected chi connectivity index (χ4v) is 1.74. The molecule has 7 heteroatoms. The molecule has 6 nitrogen and oxygen atoms in total. The Balaban J connectivity index is 2.30. The van der Waals surface area contributed by atoms with Crippen LogP contribution in [0.25, 0.3) is 0 Å². The Labute approximate surface area is 95.9 Å². The molecule has 0 spiro atoms. The Kier molecular flexibility index (Phi) is 2.74. The molecule has 1 aliphatic rings. The summed E-state index contributed by atoms with van der Waals surface area (Å²) in [6, 6.07) is 0. The molecule has 0 saturated carbocycles. The van der Waals surface area contributed by atoms with E-state index in [0.717, 1.165) is 6.20 Å². The smallest absolute Gasteiger partial charge is 0.356 e. The van der Waals surface area contributed by atoms with E-state index in [2.05, 4.69) is 9.97 Å². The minimum Gasteiger partial charge on any atom is -0.476 e. The van der Waals surface area contributed by atoms with E-state index >= 15 is 0 Å². The summed E-state index contributed by atoms with van der Waals surface area (Å²) in [7, 11) is 0. The number of rotatable bonds is 2. The van der Waals surface area contributed by atoms with Crippen LogP contribution in [0.2, 0.25) is 0 Å². The molecular formula is C9H8ClN3O3. The molecule has 1 aliphatic heterocycles. The molecule has 0 aliphatic carbocycles. The zero-order valence-corrected chi connectivity index (χ0v) is 8.89. The Hall–Kier alpha value is -1.69. The lowest BCUT2D eigenvalue weighted by molar-refractivity contribution is -0.117. The van der Waals surface area contributed by atoms with E-state index in [1.807, 2.05) is 0 Å². The summed E-state index contributed by atoms with van der Waals surface area (Å²) in [5, 5.41) is 8.48. The van der Waals surface area contributed by atoms with Crippen LogP contribution in [-0.4, -0.2) is 38.9 Å². The number of amides is 1. The fraction of sp³-hybridized carbons (Fsp3) is 0.333. The number of alkyl halides is 1. The summed E-state index contributed by atoms with van der Waals surface area (Å²) in [4.78, 5) is 31.1. The second-order valence-corrected chi connectivity index (χ2v) is 3.99. The van der Waals surface area contributed by atoms with Crippen LogP contribution in [0.15, 0.2) is 12.4 Å². The maximum absolute atomic E-state index is 11.5. The molecule has 1 aromatic heterocycles. The van der Waals surface area contributed by atoms with Crippen molar-refractivity contribution in [1.29, 1.82) is 0 Å². The monoisotopic (exact) mass is 241 g/mol. The summed E-state index contributed by atoms with van der Waals surface area (Å²) < 4.78 is 0. The molecule has 1 saturated heterocycles.